The van der Waals surface area contributed by atoms with E-state index in [0.717, 1.165) is 35.9 Å². The summed E-state index contributed by atoms with van der Waals surface area (Å²) in [4.78, 5) is 17.1. The quantitative estimate of drug-likeness (QED) is 0.712. The molecule has 1 saturated carbocycles. The van der Waals surface area contributed by atoms with E-state index in [1.54, 1.807) is 0 Å². The van der Waals surface area contributed by atoms with Crippen LogP contribution in [-0.4, -0.2) is 35.1 Å². The number of para-hydroxylation sites is 2. The number of hydrogen-bond acceptors (Lipinski definition) is 3. The van der Waals surface area contributed by atoms with Crippen molar-refractivity contribution in [2.24, 2.45) is 5.92 Å². The fraction of sp³-hybridized carbons (Fsp3) is 0.619. The first-order valence-electron chi connectivity index (χ1n) is 10.1. The molecule has 1 aromatic heterocycles. The van der Waals surface area contributed by atoms with Gasteiger partial charge >= 0.3 is 0 Å². The van der Waals surface area contributed by atoms with Crippen molar-refractivity contribution in [3.63, 3.8) is 0 Å². The van der Waals surface area contributed by atoms with Gasteiger partial charge in [-0.05, 0) is 37.4 Å². The lowest BCUT2D eigenvalue weighted by Crippen LogP contribution is -2.36. The second-order valence-electron chi connectivity index (χ2n) is 7.76. The summed E-state index contributed by atoms with van der Waals surface area (Å²) in [6.07, 6.45) is 6.85. The first kappa shape index (κ1) is 18.9. The number of nitrogens with one attached hydrogen (secondary N) is 2. The maximum absolute atomic E-state index is 12.4. The van der Waals surface area contributed by atoms with Gasteiger partial charge in [0.25, 0.3) is 0 Å². The lowest BCUT2D eigenvalue weighted by atomic mass is 9.89. The van der Waals surface area contributed by atoms with Gasteiger partial charge in [0.05, 0.1) is 11.0 Å². The van der Waals surface area contributed by atoms with Crippen molar-refractivity contribution < 1.29 is 4.79 Å². The summed E-state index contributed by atoms with van der Waals surface area (Å²) in [6, 6.07) is 8.03. The summed E-state index contributed by atoms with van der Waals surface area (Å²) in [5.74, 6) is 2.13. The van der Waals surface area contributed by atoms with Crippen LogP contribution in [0.2, 0.25) is 0 Å². The minimum Gasteiger partial charge on any atom is -0.353 e. The maximum Gasteiger partial charge on any atom is 0.240 e. The molecule has 1 aliphatic carbocycles. The van der Waals surface area contributed by atoms with Gasteiger partial charge in [-0.2, -0.15) is 0 Å². The summed E-state index contributed by atoms with van der Waals surface area (Å²) >= 11 is 0. The first-order valence-corrected chi connectivity index (χ1v) is 10.1. The van der Waals surface area contributed by atoms with E-state index in [-0.39, 0.29) is 11.8 Å². The molecule has 26 heavy (non-hydrogen) atoms. The third kappa shape index (κ3) is 4.85. The molecule has 3 rings (SSSR count). The zero-order valence-corrected chi connectivity index (χ0v) is 16.1. The van der Waals surface area contributed by atoms with Crippen molar-refractivity contribution in [1.82, 2.24) is 20.2 Å². The minimum absolute atomic E-state index is 0.0505. The molecular weight excluding hydrogens is 324 g/mol. The zero-order valence-electron chi connectivity index (χ0n) is 16.1. The number of aromatic nitrogens is 2. The Labute approximate surface area is 156 Å². The van der Waals surface area contributed by atoms with Crippen LogP contribution in [0.1, 0.15) is 57.7 Å². The Hall–Kier alpha value is -1.88. The van der Waals surface area contributed by atoms with Gasteiger partial charge in [0.1, 0.15) is 12.4 Å². The minimum atomic E-state index is 0.0505. The van der Waals surface area contributed by atoms with E-state index in [4.69, 9.17) is 4.98 Å². The summed E-state index contributed by atoms with van der Waals surface area (Å²) < 4.78 is 2.05. The smallest absolute Gasteiger partial charge is 0.240 e. The van der Waals surface area contributed by atoms with Crippen molar-refractivity contribution in [3.05, 3.63) is 30.1 Å². The summed E-state index contributed by atoms with van der Waals surface area (Å²) in [5, 5.41) is 6.53. The number of rotatable bonds is 8. The van der Waals surface area contributed by atoms with Crippen LogP contribution in [0.5, 0.6) is 0 Å². The fourth-order valence-corrected chi connectivity index (χ4v) is 3.89. The van der Waals surface area contributed by atoms with Crippen molar-refractivity contribution in [3.8, 4) is 0 Å². The summed E-state index contributed by atoms with van der Waals surface area (Å²) in [5.41, 5.74) is 1.99. The topological polar surface area (TPSA) is 59.0 Å². The molecule has 5 nitrogen and oxygen atoms in total. The molecule has 1 heterocycles. The van der Waals surface area contributed by atoms with Gasteiger partial charge in [-0.1, -0.05) is 45.2 Å². The van der Waals surface area contributed by atoms with Crippen molar-refractivity contribution >= 4 is 16.9 Å². The van der Waals surface area contributed by atoms with Crippen molar-refractivity contribution in [2.75, 3.05) is 19.6 Å². The lowest BCUT2D eigenvalue weighted by Gasteiger charge is -2.21. The maximum atomic E-state index is 12.4. The van der Waals surface area contributed by atoms with Gasteiger partial charge < -0.3 is 15.2 Å². The Balaban J connectivity index is 1.47. The molecule has 0 bridgehead atoms. The molecule has 1 fully saturated rings. The molecule has 1 amide bonds. The number of benzene rings is 1. The van der Waals surface area contributed by atoms with Crippen LogP contribution in [0.25, 0.3) is 11.0 Å². The SMILES string of the molecule is CC(C)c1nc2ccccc2n1CC(=O)NCCNCC1CCCCC1. The van der Waals surface area contributed by atoms with Crippen LogP contribution in [0.15, 0.2) is 24.3 Å². The highest BCUT2D eigenvalue weighted by Gasteiger charge is 2.16. The van der Waals surface area contributed by atoms with E-state index in [2.05, 4.69) is 24.5 Å². The molecule has 0 unspecified atom stereocenters. The Kier molecular flexibility index (Phi) is 6.67. The summed E-state index contributed by atoms with van der Waals surface area (Å²) in [7, 11) is 0. The van der Waals surface area contributed by atoms with Gasteiger partial charge in [0.2, 0.25) is 5.91 Å². The number of hydrogen-bond donors (Lipinski definition) is 2. The van der Waals surface area contributed by atoms with Crippen LogP contribution in [0, 0.1) is 5.92 Å². The molecule has 0 saturated heterocycles. The Bertz CT molecular complexity index is 716. The van der Waals surface area contributed by atoms with Crippen LogP contribution >= 0.6 is 0 Å². The molecule has 1 aliphatic rings. The highest BCUT2D eigenvalue weighted by molar-refractivity contribution is 5.81. The van der Waals surface area contributed by atoms with E-state index in [1.165, 1.54) is 32.1 Å². The van der Waals surface area contributed by atoms with E-state index < -0.39 is 0 Å². The van der Waals surface area contributed by atoms with Crippen LogP contribution in [-0.2, 0) is 11.3 Å². The Morgan fingerprint density at radius 2 is 1.96 bits per heavy atom. The number of nitrogens with zero attached hydrogens (tertiary/aromatic N) is 2. The number of amides is 1. The van der Waals surface area contributed by atoms with Crippen LogP contribution in [0.4, 0.5) is 0 Å². The van der Waals surface area contributed by atoms with E-state index >= 15 is 0 Å². The third-order valence-corrected chi connectivity index (χ3v) is 5.28. The normalized spacial score (nSPS) is 15.7. The molecule has 2 aromatic rings. The molecule has 0 spiro atoms. The third-order valence-electron chi connectivity index (χ3n) is 5.28. The monoisotopic (exact) mass is 356 g/mol. The van der Waals surface area contributed by atoms with Gasteiger partial charge in [0.15, 0.2) is 0 Å². The predicted octanol–water partition coefficient (Wildman–Crippen LogP) is 3.45. The summed E-state index contributed by atoms with van der Waals surface area (Å²) in [6.45, 7) is 7.16. The Morgan fingerprint density at radius 1 is 1.19 bits per heavy atom. The first-order chi connectivity index (χ1) is 12.6. The van der Waals surface area contributed by atoms with Crippen LogP contribution in [0.3, 0.4) is 0 Å². The largest absolute Gasteiger partial charge is 0.353 e. The predicted molar refractivity (Wildman–Crippen MR) is 106 cm³/mol. The molecule has 0 aliphatic heterocycles. The Morgan fingerprint density at radius 3 is 2.73 bits per heavy atom. The highest BCUT2D eigenvalue weighted by Crippen LogP contribution is 2.23. The lowest BCUT2D eigenvalue weighted by molar-refractivity contribution is -0.121. The molecule has 142 valence electrons. The molecule has 5 heteroatoms. The molecule has 0 atom stereocenters. The number of carbonyl (C=O) groups excluding carboxylic acids is 1. The van der Waals surface area contributed by atoms with E-state index in [0.29, 0.717) is 13.1 Å². The van der Waals surface area contributed by atoms with Gasteiger partial charge in [-0.15, -0.1) is 0 Å². The van der Waals surface area contributed by atoms with Crippen molar-refractivity contribution in [1.29, 1.82) is 0 Å². The van der Waals surface area contributed by atoms with Crippen LogP contribution < -0.4 is 10.6 Å². The molecule has 0 radical (unpaired) electrons. The van der Waals surface area contributed by atoms with Gasteiger partial charge in [-0.25, -0.2) is 4.98 Å². The zero-order chi connectivity index (χ0) is 18.4. The van der Waals surface area contributed by atoms with Gasteiger partial charge in [-0.3, -0.25) is 4.79 Å². The fourth-order valence-electron chi connectivity index (χ4n) is 3.89. The highest BCUT2D eigenvalue weighted by atomic mass is 16.1. The second kappa shape index (κ2) is 9.17. The van der Waals surface area contributed by atoms with Crippen molar-refractivity contribution in [2.45, 2.75) is 58.4 Å². The van der Waals surface area contributed by atoms with E-state index in [1.807, 2.05) is 28.8 Å². The van der Waals surface area contributed by atoms with Gasteiger partial charge in [0, 0.05) is 19.0 Å². The number of imidazole rings is 1. The van der Waals surface area contributed by atoms with E-state index in [9.17, 15) is 4.79 Å². The molecule has 2 N–H and O–H groups in total. The number of fused-ring (bicyclic) bond motifs is 1. The second-order valence-corrected chi connectivity index (χ2v) is 7.76. The number of carbonyl (C=O) groups is 1. The average Bonchev–Trinajstić information content (AvgIpc) is 3.01. The molecule has 1 aromatic carbocycles. The standard InChI is InChI=1S/C21H32N4O/c1-16(2)21-24-18-10-6-7-11-19(18)25(21)15-20(26)23-13-12-22-14-17-8-4-3-5-9-17/h6-7,10-11,16-17,22H,3-5,8-9,12-15H2,1-2H3,(H,23,26). The molecular formula is C21H32N4O. The average molecular weight is 357 g/mol.